The maximum absolute atomic E-state index is 13.4. The molecule has 4 unspecified atom stereocenters. The predicted octanol–water partition coefficient (Wildman–Crippen LogP) is 2.47. The van der Waals surface area contributed by atoms with E-state index in [-0.39, 0.29) is 11.8 Å². The van der Waals surface area contributed by atoms with Gasteiger partial charge in [-0.1, -0.05) is 0 Å². The Labute approximate surface area is 137 Å². The number of likely N-dealkylation sites (tertiary alicyclic amines) is 1. The molecule has 2 bridgehead atoms. The largest absolute Gasteiger partial charge is 0.395 e. The topological polar surface area (TPSA) is 58.2 Å². The first-order chi connectivity index (χ1) is 11.4. The molecule has 3 aliphatic heterocycles. The number of hydrogen-bond acceptors (Lipinski definition) is 3. The van der Waals surface area contributed by atoms with Gasteiger partial charge in [0.15, 0.2) is 0 Å². The van der Waals surface area contributed by atoms with Crippen molar-refractivity contribution in [1.29, 1.82) is 0 Å². The number of hydrogen-bond donors (Lipinski definition) is 1. The molecule has 1 amide bonds. The van der Waals surface area contributed by atoms with Crippen molar-refractivity contribution in [3.8, 4) is 0 Å². The van der Waals surface area contributed by atoms with Crippen molar-refractivity contribution in [2.24, 2.45) is 11.8 Å². The zero-order valence-corrected chi connectivity index (χ0v) is 13.1. The van der Waals surface area contributed by atoms with E-state index in [2.05, 4.69) is 9.97 Å². The summed E-state index contributed by atoms with van der Waals surface area (Å²) < 4.78 is 45.6. The fraction of sp³-hybridized carbons (Fsp3) is 0.750. The summed E-state index contributed by atoms with van der Waals surface area (Å²) in [4.78, 5) is 21.4. The van der Waals surface area contributed by atoms with Gasteiger partial charge in [0.1, 0.15) is 0 Å². The molecular weight excluding hydrogens is 323 g/mol. The number of rotatable bonds is 2. The lowest BCUT2D eigenvalue weighted by molar-refractivity contribution is -0.199. The third-order valence-corrected chi connectivity index (χ3v) is 5.70. The summed E-state index contributed by atoms with van der Waals surface area (Å²) in [5.41, 5.74) is 1.03. The highest BCUT2D eigenvalue weighted by atomic mass is 19.4. The van der Waals surface area contributed by atoms with Crippen LogP contribution in [0, 0.1) is 11.8 Å². The van der Waals surface area contributed by atoms with Gasteiger partial charge in [-0.15, -0.1) is 0 Å². The standard InChI is InChI=1S/C16H20F3N3O2/c17-16(18,19)14-12-2-1-11(24-12)13(14)15(23)22-5-3-9(4-6-22)10-7-20-8-21-10/h7-9,11-14H,1-6H2,(H,20,21). The zero-order valence-electron chi connectivity index (χ0n) is 13.1. The normalized spacial score (nSPS) is 34.0. The Morgan fingerprint density at radius 2 is 1.92 bits per heavy atom. The predicted molar refractivity (Wildman–Crippen MR) is 78.1 cm³/mol. The summed E-state index contributed by atoms with van der Waals surface area (Å²) in [6.07, 6.45) is 0.0380. The molecule has 4 rings (SSSR count). The third-order valence-electron chi connectivity index (χ3n) is 5.70. The van der Waals surface area contributed by atoms with Crippen molar-refractivity contribution in [1.82, 2.24) is 14.9 Å². The lowest BCUT2D eigenvalue weighted by Gasteiger charge is -2.36. The lowest BCUT2D eigenvalue weighted by Crippen LogP contribution is -2.49. The molecule has 0 aromatic carbocycles. The van der Waals surface area contributed by atoms with Crippen LogP contribution in [0.3, 0.4) is 0 Å². The molecule has 1 aromatic heterocycles. The Bertz CT molecular complexity index is 596. The number of fused-ring (bicyclic) bond motifs is 2. The molecular formula is C16H20F3N3O2. The van der Waals surface area contributed by atoms with Crippen molar-refractivity contribution in [2.45, 2.75) is 50.0 Å². The van der Waals surface area contributed by atoms with Gasteiger partial charge in [0.05, 0.1) is 30.4 Å². The average Bonchev–Trinajstić information content (AvgIpc) is 3.29. The van der Waals surface area contributed by atoms with Gasteiger partial charge in [0.2, 0.25) is 5.91 Å². The minimum Gasteiger partial charge on any atom is -0.373 e. The van der Waals surface area contributed by atoms with Crippen molar-refractivity contribution in [2.75, 3.05) is 13.1 Å². The highest BCUT2D eigenvalue weighted by molar-refractivity contribution is 5.80. The van der Waals surface area contributed by atoms with E-state index < -0.39 is 30.2 Å². The monoisotopic (exact) mass is 343 g/mol. The second-order valence-electron chi connectivity index (χ2n) is 6.99. The van der Waals surface area contributed by atoms with Gasteiger partial charge in [0.25, 0.3) is 0 Å². The highest BCUT2D eigenvalue weighted by Gasteiger charge is 2.63. The molecule has 4 atom stereocenters. The number of aromatic amines is 1. The Balaban J connectivity index is 1.44. The SMILES string of the molecule is O=C(C1C2CCC(O2)C1C(F)(F)F)N1CCC(c2cnc[nH]2)CC1. The number of carbonyl (C=O) groups is 1. The van der Waals surface area contributed by atoms with E-state index in [9.17, 15) is 18.0 Å². The lowest BCUT2D eigenvalue weighted by atomic mass is 9.77. The summed E-state index contributed by atoms with van der Waals surface area (Å²) in [6, 6.07) is 0. The molecule has 1 aromatic rings. The first kappa shape index (κ1) is 15.9. The van der Waals surface area contributed by atoms with Crippen LogP contribution in [0.15, 0.2) is 12.5 Å². The van der Waals surface area contributed by atoms with E-state index in [0.717, 1.165) is 18.5 Å². The number of halogens is 3. The second-order valence-corrected chi connectivity index (χ2v) is 6.99. The summed E-state index contributed by atoms with van der Waals surface area (Å²) in [7, 11) is 0. The zero-order chi connectivity index (χ0) is 16.9. The van der Waals surface area contributed by atoms with Crippen molar-refractivity contribution in [3.05, 3.63) is 18.2 Å². The van der Waals surface area contributed by atoms with Crippen molar-refractivity contribution >= 4 is 5.91 Å². The summed E-state index contributed by atoms with van der Waals surface area (Å²) >= 11 is 0. The van der Waals surface area contributed by atoms with Gasteiger partial charge < -0.3 is 14.6 Å². The number of aromatic nitrogens is 2. The first-order valence-corrected chi connectivity index (χ1v) is 8.44. The van der Waals surface area contributed by atoms with Gasteiger partial charge in [-0.25, -0.2) is 4.98 Å². The Hall–Kier alpha value is -1.57. The van der Waals surface area contributed by atoms with Crippen LogP contribution in [0.4, 0.5) is 13.2 Å². The maximum atomic E-state index is 13.4. The van der Waals surface area contributed by atoms with Gasteiger partial charge in [-0.2, -0.15) is 13.2 Å². The molecule has 3 fully saturated rings. The van der Waals surface area contributed by atoms with Crippen LogP contribution < -0.4 is 0 Å². The molecule has 3 saturated heterocycles. The molecule has 8 heteroatoms. The molecule has 3 aliphatic rings. The number of nitrogens with one attached hydrogen (secondary N) is 1. The molecule has 0 radical (unpaired) electrons. The molecule has 0 spiro atoms. The first-order valence-electron chi connectivity index (χ1n) is 8.44. The second kappa shape index (κ2) is 5.75. The number of piperidine rings is 1. The van der Waals surface area contributed by atoms with Crippen LogP contribution >= 0.6 is 0 Å². The molecule has 1 N–H and O–H groups in total. The summed E-state index contributed by atoms with van der Waals surface area (Å²) in [6.45, 7) is 0.974. The van der Waals surface area contributed by atoms with Crippen LogP contribution in [-0.4, -0.2) is 52.2 Å². The maximum Gasteiger partial charge on any atom is 0.395 e. The number of amides is 1. The molecule has 132 valence electrons. The van der Waals surface area contributed by atoms with E-state index in [1.54, 1.807) is 17.4 Å². The highest BCUT2D eigenvalue weighted by Crippen LogP contribution is 2.51. The average molecular weight is 343 g/mol. The van der Waals surface area contributed by atoms with Crippen LogP contribution in [0.1, 0.15) is 37.3 Å². The number of ether oxygens (including phenoxy) is 1. The van der Waals surface area contributed by atoms with Gasteiger partial charge in [-0.05, 0) is 25.7 Å². The van der Waals surface area contributed by atoms with Gasteiger partial charge in [0, 0.05) is 30.9 Å². The van der Waals surface area contributed by atoms with Gasteiger partial charge in [-0.3, -0.25) is 4.79 Å². The van der Waals surface area contributed by atoms with E-state index in [4.69, 9.17) is 4.74 Å². The molecule has 5 nitrogen and oxygen atoms in total. The molecule has 24 heavy (non-hydrogen) atoms. The van der Waals surface area contributed by atoms with Crippen molar-refractivity contribution < 1.29 is 22.7 Å². The Kier molecular flexibility index (Phi) is 3.82. The van der Waals surface area contributed by atoms with E-state index >= 15 is 0 Å². The van der Waals surface area contributed by atoms with Crippen LogP contribution in [0.5, 0.6) is 0 Å². The fourth-order valence-electron chi connectivity index (χ4n) is 4.52. The minimum absolute atomic E-state index is 0.284. The molecule has 0 saturated carbocycles. The van der Waals surface area contributed by atoms with E-state index in [1.165, 1.54) is 0 Å². The number of H-pyrrole nitrogens is 1. The number of alkyl halides is 3. The fourth-order valence-corrected chi connectivity index (χ4v) is 4.52. The summed E-state index contributed by atoms with van der Waals surface area (Å²) in [5, 5.41) is 0. The Morgan fingerprint density at radius 3 is 2.54 bits per heavy atom. The van der Waals surface area contributed by atoms with Gasteiger partial charge >= 0.3 is 6.18 Å². The number of imidazole rings is 1. The smallest absolute Gasteiger partial charge is 0.373 e. The third kappa shape index (κ3) is 2.60. The summed E-state index contributed by atoms with van der Waals surface area (Å²) in [5.74, 6) is -2.81. The quantitative estimate of drug-likeness (QED) is 0.897. The van der Waals surface area contributed by atoms with Crippen LogP contribution in [0.2, 0.25) is 0 Å². The molecule has 0 aliphatic carbocycles. The van der Waals surface area contributed by atoms with Crippen LogP contribution in [-0.2, 0) is 9.53 Å². The minimum atomic E-state index is -4.38. The van der Waals surface area contributed by atoms with Crippen molar-refractivity contribution in [3.63, 3.8) is 0 Å². The number of nitrogens with zero attached hydrogens (tertiary/aromatic N) is 2. The van der Waals surface area contributed by atoms with E-state index in [0.29, 0.717) is 25.9 Å². The Morgan fingerprint density at radius 1 is 1.21 bits per heavy atom. The van der Waals surface area contributed by atoms with Crippen LogP contribution in [0.25, 0.3) is 0 Å². The molecule has 4 heterocycles. The van der Waals surface area contributed by atoms with E-state index in [1.807, 2.05) is 0 Å². The number of carbonyl (C=O) groups excluding carboxylic acids is 1.